The molecule has 12 rings (SSSR count). The van der Waals surface area contributed by atoms with E-state index in [-0.39, 0.29) is 46.3 Å². The van der Waals surface area contributed by atoms with Gasteiger partial charge in [-0.1, -0.05) is 43.3 Å². The van der Waals surface area contributed by atoms with Crippen LogP contribution in [0.4, 0.5) is 11.4 Å². The predicted octanol–water partition coefficient (Wildman–Crippen LogP) is 3.11. The maximum absolute atomic E-state index is 13.9. The molecule has 6 saturated heterocycles. The molecule has 8 aliphatic heterocycles. The number of hydrogen-bond acceptors (Lipinski definition) is 10. The van der Waals surface area contributed by atoms with Crippen LogP contribution in [0.15, 0.2) is 59.8 Å². The van der Waals surface area contributed by atoms with Gasteiger partial charge in [-0.15, -0.1) is 0 Å². The van der Waals surface area contributed by atoms with Gasteiger partial charge in [-0.25, -0.2) is 4.79 Å². The smallest absolute Gasteiger partial charge is 0.335 e. The fourth-order valence-corrected chi connectivity index (χ4v) is 16.2. The van der Waals surface area contributed by atoms with Crippen LogP contribution >= 0.6 is 0 Å². The van der Waals surface area contributed by atoms with E-state index in [1.807, 2.05) is 0 Å². The molecule has 2 aliphatic carbocycles. The second-order valence-electron chi connectivity index (χ2n) is 18.5. The number of benzene rings is 2. The first-order valence-corrected chi connectivity index (χ1v) is 19.9. The monoisotopic (exact) mass is 706 g/mol. The van der Waals surface area contributed by atoms with Crippen molar-refractivity contribution >= 4 is 17.3 Å². The van der Waals surface area contributed by atoms with Crippen LogP contribution < -0.4 is 10.2 Å². The fraction of sp³-hybridized carbons (Fsp3) is 0.643. The zero-order chi connectivity index (χ0) is 35.2. The highest BCUT2D eigenvalue weighted by molar-refractivity contribution is 5.93. The first kappa shape index (κ1) is 31.4. The summed E-state index contributed by atoms with van der Waals surface area (Å²) >= 11 is 0. The number of carbonyl (C=O) groups excluding carboxylic acids is 1. The minimum Gasteiger partial charge on any atom is -0.466 e. The van der Waals surface area contributed by atoms with Crippen molar-refractivity contribution in [2.75, 3.05) is 56.7 Å². The number of aliphatic hydroxyl groups excluding tert-OH is 2. The first-order valence-electron chi connectivity index (χ1n) is 19.9. The average molecular weight is 707 g/mol. The van der Waals surface area contributed by atoms with Gasteiger partial charge in [-0.3, -0.25) is 9.80 Å². The van der Waals surface area contributed by atoms with Gasteiger partial charge < -0.3 is 35.0 Å². The van der Waals surface area contributed by atoms with E-state index in [1.54, 1.807) is 0 Å². The van der Waals surface area contributed by atoms with Gasteiger partial charge in [0.05, 0.1) is 41.8 Å². The third-order valence-corrected chi connectivity index (χ3v) is 17.2. The molecule has 8 heterocycles. The summed E-state index contributed by atoms with van der Waals surface area (Å²) in [5.74, 6) is -0.402. The molecule has 0 amide bonds. The molecule has 10 heteroatoms. The summed E-state index contributed by atoms with van der Waals surface area (Å²) < 4.78 is 12.7. The summed E-state index contributed by atoms with van der Waals surface area (Å²) in [6.45, 7) is 6.52. The summed E-state index contributed by atoms with van der Waals surface area (Å²) in [4.78, 5) is 21.5. The lowest BCUT2D eigenvalue weighted by molar-refractivity contribution is -0.254. The van der Waals surface area contributed by atoms with Crippen LogP contribution in [0.25, 0.3) is 0 Å². The number of piperidine rings is 3. The summed E-state index contributed by atoms with van der Waals surface area (Å²) in [6, 6.07) is 17.4. The molecule has 4 N–H and O–H groups in total. The van der Waals surface area contributed by atoms with Crippen LogP contribution in [-0.2, 0) is 25.1 Å². The highest BCUT2D eigenvalue weighted by atomic mass is 16.5. The largest absolute Gasteiger partial charge is 0.466 e. The van der Waals surface area contributed by atoms with Gasteiger partial charge in [0.1, 0.15) is 0 Å². The van der Waals surface area contributed by atoms with Crippen molar-refractivity contribution in [3.63, 3.8) is 0 Å². The second kappa shape index (κ2) is 9.62. The molecule has 0 bridgehead atoms. The third-order valence-electron chi connectivity index (χ3n) is 17.2. The molecule has 2 aromatic rings. The van der Waals surface area contributed by atoms with E-state index in [4.69, 9.17) is 9.47 Å². The summed E-state index contributed by atoms with van der Waals surface area (Å²) in [7, 11) is 1.50. The number of fused-ring (bicyclic) bond motifs is 4. The van der Waals surface area contributed by atoms with Crippen molar-refractivity contribution < 1.29 is 29.6 Å². The molecule has 274 valence electrons. The molecular weight excluding hydrogens is 656 g/mol. The van der Waals surface area contributed by atoms with Gasteiger partial charge in [0, 0.05) is 77.6 Å². The number of para-hydroxylation sites is 2. The lowest BCUT2D eigenvalue weighted by Crippen LogP contribution is -2.82. The van der Waals surface area contributed by atoms with Crippen LogP contribution in [0.3, 0.4) is 0 Å². The summed E-state index contributed by atoms with van der Waals surface area (Å²) in [5.41, 5.74) is 3.24. The van der Waals surface area contributed by atoms with Gasteiger partial charge in [-0.2, -0.15) is 0 Å². The van der Waals surface area contributed by atoms with E-state index in [1.165, 1.54) is 18.2 Å². The molecule has 1 saturated carbocycles. The van der Waals surface area contributed by atoms with Gasteiger partial charge in [0.2, 0.25) is 0 Å². The minimum atomic E-state index is -1.12. The first-order chi connectivity index (χ1) is 25.1. The number of nitrogens with zero attached hydrogens (tertiary/aromatic N) is 3. The van der Waals surface area contributed by atoms with Crippen LogP contribution in [-0.4, -0.2) is 114 Å². The number of hydrogen-bond donors (Lipinski definition) is 4. The van der Waals surface area contributed by atoms with Crippen LogP contribution in [0, 0.1) is 22.2 Å². The molecule has 10 aliphatic rings. The number of nitrogens with one attached hydrogen (secondary N) is 1. The zero-order valence-corrected chi connectivity index (χ0v) is 30.2. The van der Waals surface area contributed by atoms with E-state index in [0.29, 0.717) is 32.5 Å². The van der Waals surface area contributed by atoms with E-state index < -0.39 is 28.8 Å². The summed E-state index contributed by atoms with van der Waals surface area (Å²) in [5, 5.41) is 41.1. The van der Waals surface area contributed by atoms with Crippen molar-refractivity contribution in [2.45, 2.75) is 98.8 Å². The molecule has 7 fully saturated rings. The number of methoxy groups -OCH3 is 1. The Hall–Kier alpha value is -2.99. The van der Waals surface area contributed by atoms with Gasteiger partial charge in [0.25, 0.3) is 0 Å². The lowest BCUT2D eigenvalue weighted by atomic mass is 9.43. The molecule has 12 atom stereocenters. The van der Waals surface area contributed by atoms with Gasteiger partial charge in [0.15, 0.2) is 5.72 Å². The highest BCUT2D eigenvalue weighted by Gasteiger charge is 2.83. The number of anilines is 2. The quantitative estimate of drug-likeness (QED) is 0.348. The third kappa shape index (κ3) is 3.04. The Morgan fingerprint density at radius 3 is 2.60 bits per heavy atom. The molecule has 10 nitrogen and oxygen atoms in total. The maximum atomic E-state index is 13.9. The summed E-state index contributed by atoms with van der Waals surface area (Å²) in [6.07, 6.45) is 3.54. The Morgan fingerprint density at radius 1 is 0.981 bits per heavy atom. The normalized spacial score (nSPS) is 48.8. The Balaban J connectivity index is 1.06. The van der Waals surface area contributed by atoms with Crippen LogP contribution in [0.5, 0.6) is 0 Å². The molecule has 52 heavy (non-hydrogen) atoms. The number of aliphatic hydroxyl groups is 3. The lowest BCUT2D eigenvalue weighted by Gasteiger charge is -2.71. The zero-order valence-electron chi connectivity index (χ0n) is 30.2. The van der Waals surface area contributed by atoms with Crippen molar-refractivity contribution in [1.29, 1.82) is 0 Å². The fourth-order valence-electron chi connectivity index (χ4n) is 16.2. The minimum absolute atomic E-state index is 0.0625. The average Bonchev–Trinajstić information content (AvgIpc) is 3.97. The molecule has 4 spiro atoms. The standard InChI is InChI=1S/C42H50N4O6/c1-3-38-19-24-18-37(23-46-29-11-7-5-9-27(29)41(42(24,46)50)13-16-44(35(38)41)21-30(47)32(38)48)22-45-15-12-40-26-8-4-6-10-28(26)43-31(40)25(33(49)51-2)20-39(34(40)45)14-17-52-36(37)39/h4-11,24,30,32,34-36,43,47-48,50H,3,12-23H2,1-2H3/t24-,30+,32-,34+,35+,36+,37+,38-,39+,40+,41-,42-/m1/s1. The van der Waals surface area contributed by atoms with Crippen molar-refractivity contribution in [3.8, 4) is 0 Å². The number of ether oxygens (including phenoxy) is 2. The number of carbonyl (C=O) groups is 1. The van der Waals surface area contributed by atoms with E-state index >= 15 is 0 Å². The van der Waals surface area contributed by atoms with Crippen LogP contribution in [0.2, 0.25) is 0 Å². The van der Waals surface area contributed by atoms with Crippen LogP contribution in [0.1, 0.15) is 63.0 Å². The Labute approximate surface area is 304 Å². The molecular formula is C42H50N4O6. The molecule has 0 unspecified atom stereocenters. The second-order valence-corrected chi connectivity index (χ2v) is 18.5. The molecule has 0 radical (unpaired) electrons. The van der Waals surface area contributed by atoms with E-state index in [9.17, 15) is 20.1 Å². The Bertz CT molecular complexity index is 1990. The maximum Gasteiger partial charge on any atom is 0.335 e. The van der Waals surface area contributed by atoms with Gasteiger partial charge in [-0.05, 0) is 81.3 Å². The highest BCUT2D eigenvalue weighted by Crippen LogP contribution is 2.76. The van der Waals surface area contributed by atoms with Crippen molar-refractivity contribution in [2.24, 2.45) is 22.2 Å². The Kier molecular flexibility index (Phi) is 5.80. The SMILES string of the molecule is CC[C@@]12C[C@H]3C[C@]4(CN5CC[C@]67C(=C(C(=O)OC)C[C@@]8(CCO[C@@H]48)[C@H]56)Nc4ccccc47)CN4c5ccccc5[C@@]5(CCN(C[C@H](O)[C@H]1O)[C@@H]25)[C@]34O. The number of esters is 1. The molecule has 0 aromatic heterocycles. The molecule has 2 aromatic carbocycles. The Morgan fingerprint density at radius 2 is 1.77 bits per heavy atom. The topological polar surface area (TPSA) is 118 Å². The predicted molar refractivity (Wildman–Crippen MR) is 192 cm³/mol. The van der Waals surface area contributed by atoms with Crippen molar-refractivity contribution in [1.82, 2.24) is 9.80 Å². The number of rotatable bonds is 2. The van der Waals surface area contributed by atoms with E-state index in [0.717, 1.165) is 74.4 Å². The van der Waals surface area contributed by atoms with Gasteiger partial charge >= 0.3 is 5.97 Å². The van der Waals surface area contributed by atoms with E-state index in [2.05, 4.69) is 75.5 Å². The van der Waals surface area contributed by atoms with Crippen molar-refractivity contribution in [3.05, 3.63) is 70.9 Å².